The van der Waals surface area contributed by atoms with Gasteiger partial charge in [-0.2, -0.15) is 0 Å². The van der Waals surface area contributed by atoms with Gasteiger partial charge in [-0.15, -0.1) is 0 Å². The number of rotatable bonds is 0. The Kier molecular flexibility index (Phi) is 1.85. The first-order valence-corrected chi connectivity index (χ1v) is 4.26. The highest BCUT2D eigenvalue weighted by Gasteiger charge is 2.44. The van der Waals surface area contributed by atoms with Crippen LogP contribution in [-0.4, -0.2) is 32.5 Å². The first-order valence-electron chi connectivity index (χ1n) is 4.26. The zero-order chi connectivity index (χ0) is 7.73. The van der Waals surface area contributed by atoms with Crippen LogP contribution in [0.4, 0.5) is 4.39 Å². The molecule has 2 rings (SSSR count). The van der Waals surface area contributed by atoms with E-state index in [1.807, 2.05) is 0 Å². The molecule has 2 heterocycles. The maximum atomic E-state index is 13.3. The van der Waals surface area contributed by atoms with Crippen molar-refractivity contribution in [3.8, 4) is 0 Å². The quantitative estimate of drug-likeness (QED) is 0.562. The molecule has 2 saturated heterocycles. The minimum absolute atomic E-state index is 0.168. The van der Waals surface area contributed by atoms with Gasteiger partial charge in [0, 0.05) is 12.0 Å². The fourth-order valence-electron chi connectivity index (χ4n) is 2.01. The van der Waals surface area contributed by atoms with Crippen LogP contribution < -0.4 is 5.32 Å². The Morgan fingerprint density at radius 1 is 1.55 bits per heavy atom. The summed E-state index contributed by atoms with van der Waals surface area (Å²) < 4.78 is 18.4. The minimum atomic E-state index is -0.740. The summed E-state index contributed by atoms with van der Waals surface area (Å²) in [4.78, 5) is 0. The highest BCUT2D eigenvalue weighted by Crippen LogP contribution is 2.36. The first kappa shape index (κ1) is 7.50. The normalized spacial score (nSPS) is 45.0. The van der Waals surface area contributed by atoms with E-state index in [9.17, 15) is 4.39 Å². The van der Waals surface area contributed by atoms with Crippen molar-refractivity contribution in [2.75, 3.05) is 26.3 Å². The van der Waals surface area contributed by atoms with Crippen LogP contribution in [0.3, 0.4) is 0 Å². The van der Waals surface area contributed by atoms with Crippen LogP contribution in [0.2, 0.25) is 0 Å². The predicted octanol–water partition coefficient (Wildman–Crippen LogP) is 0.724. The number of piperidine rings is 1. The van der Waals surface area contributed by atoms with Gasteiger partial charge in [0.1, 0.15) is 6.17 Å². The van der Waals surface area contributed by atoms with Crippen LogP contribution >= 0.6 is 0 Å². The van der Waals surface area contributed by atoms with Crippen molar-refractivity contribution >= 4 is 0 Å². The fourth-order valence-corrected chi connectivity index (χ4v) is 2.01. The minimum Gasteiger partial charge on any atom is -0.378 e. The molecule has 0 radical (unpaired) electrons. The number of nitrogens with one attached hydrogen (secondary N) is 1. The third-order valence-corrected chi connectivity index (χ3v) is 2.82. The molecule has 1 spiro atoms. The molecule has 0 bridgehead atoms. The van der Waals surface area contributed by atoms with E-state index in [-0.39, 0.29) is 5.41 Å². The summed E-state index contributed by atoms with van der Waals surface area (Å²) in [5.41, 5.74) is -0.168. The van der Waals surface area contributed by atoms with E-state index in [4.69, 9.17) is 4.74 Å². The van der Waals surface area contributed by atoms with Crippen LogP contribution in [0.5, 0.6) is 0 Å². The molecule has 11 heavy (non-hydrogen) atoms. The van der Waals surface area contributed by atoms with Gasteiger partial charge in [0.25, 0.3) is 0 Å². The zero-order valence-corrected chi connectivity index (χ0v) is 6.61. The van der Waals surface area contributed by atoms with Gasteiger partial charge in [0.15, 0.2) is 0 Å². The zero-order valence-electron chi connectivity index (χ0n) is 6.61. The van der Waals surface area contributed by atoms with Crippen molar-refractivity contribution in [1.82, 2.24) is 5.32 Å². The fraction of sp³-hybridized carbons (Fsp3) is 1.00. The second-order valence-corrected chi connectivity index (χ2v) is 3.63. The van der Waals surface area contributed by atoms with Gasteiger partial charge in [0.05, 0.1) is 13.2 Å². The van der Waals surface area contributed by atoms with E-state index in [1.54, 1.807) is 0 Å². The third kappa shape index (κ3) is 1.16. The van der Waals surface area contributed by atoms with Crippen molar-refractivity contribution in [3.63, 3.8) is 0 Å². The van der Waals surface area contributed by atoms with Gasteiger partial charge in [0.2, 0.25) is 0 Å². The third-order valence-electron chi connectivity index (χ3n) is 2.82. The molecule has 0 aromatic rings. The van der Waals surface area contributed by atoms with E-state index < -0.39 is 6.17 Å². The lowest BCUT2D eigenvalue weighted by Gasteiger charge is -2.33. The summed E-state index contributed by atoms with van der Waals surface area (Å²) in [6, 6.07) is 0. The lowest BCUT2D eigenvalue weighted by atomic mass is 9.79. The molecule has 2 aliphatic heterocycles. The topological polar surface area (TPSA) is 21.3 Å². The van der Waals surface area contributed by atoms with Gasteiger partial charge in [-0.1, -0.05) is 0 Å². The summed E-state index contributed by atoms with van der Waals surface area (Å²) in [6.45, 7) is 2.76. The number of alkyl halides is 1. The van der Waals surface area contributed by atoms with E-state index in [0.29, 0.717) is 13.2 Å². The molecule has 2 aliphatic rings. The Labute approximate surface area is 66.1 Å². The molecule has 3 heteroatoms. The summed E-state index contributed by atoms with van der Waals surface area (Å²) in [7, 11) is 0. The number of halogens is 1. The van der Waals surface area contributed by atoms with Gasteiger partial charge >= 0.3 is 0 Å². The molecular formula is C8H14FNO. The molecule has 1 N–H and O–H groups in total. The summed E-state index contributed by atoms with van der Waals surface area (Å²) in [6.07, 6.45) is 1.33. The van der Waals surface area contributed by atoms with Crippen LogP contribution in [0.25, 0.3) is 0 Å². The Morgan fingerprint density at radius 3 is 3.00 bits per heavy atom. The van der Waals surface area contributed by atoms with Crippen molar-refractivity contribution in [2.24, 2.45) is 5.41 Å². The predicted molar refractivity (Wildman–Crippen MR) is 40.3 cm³/mol. The number of hydrogen-bond acceptors (Lipinski definition) is 2. The van der Waals surface area contributed by atoms with E-state index >= 15 is 0 Å². The van der Waals surface area contributed by atoms with Gasteiger partial charge in [-0.3, -0.25) is 0 Å². The smallest absolute Gasteiger partial charge is 0.132 e. The number of ether oxygens (including phenoxy) is 1. The number of hydrogen-bond donors (Lipinski definition) is 1. The molecule has 2 unspecified atom stereocenters. The molecule has 64 valence electrons. The summed E-state index contributed by atoms with van der Waals surface area (Å²) >= 11 is 0. The molecule has 0 amide bonds. The molecular weight excluding hydrogens is 145 g/mol. The highest BCUT2D eigenvalue weighted by atomic mass is 19.1. The lowest BCUT2D eigenvalue weighted by molar-refractivity contribution is 0.109. The van der Waals surface area contributed by atoms with Crippen molar-refractivity contribution in [1.29, 1.82) is 0 Å². The van der Waals surface area contributed by atoms with Crippen molar-refractivity contribution in [2.45, 2.75) is 19.0 Å². The van der Waals surface area contributed by atoms with E-state index in [1.165, 1.54) is 0 Å². The second-order valence-electron chi connectivity index (χ2n) is 3.63. The molecule has 0 aromatic carbocycles. The van der Waals surface area contributed by atoms with E-state index in [0.717, 1.165) is 25.9 Å². The van der Waals surface area contributed by atoms with Crippen molar-refractivity contribution < 1.29 is 9.13 Å². The monoisotopic (exact) mass is 159 g/mol. The molecule has 0 aromatic heterocycles. The maximum absolute atomic E-state index is 13.3. The average molecular weight is 159 g/mol. The molecule has 2 atom stereocenters. The van der Waals surface area contributed by atoms with Crippen molar-refractivity contribution in [3.05, 3.63) is 0 Å². The molecule has 2 fully saturated rings. The standard InChI is InChI=1S/C8H14FNO/c9-7-4-11-6-8(7)2-1-3-10-5-8/h7,10H,1-6H2. The SMILES string of the molecule is FC1COCC12CCCNC2. The molecule has 0 saturated carbocycles. The van der Waals surface area contributed by atoms with Crippen LogP contribution in [0.1, 0.15) is 12.8 Å². The highest BCUT2D eigenvalue weighted by molar-refractivity contribution is 4.95. The van der Waals surface area contributed by atoms with Crippen LogP contribution in [0, 0.1) is 5.41 Å². The maximum Gasteiger partial charge on any atom is 0.132 e. The molecule has 0 aliphatic carbocycles. The first-order chi connectivity index (χ1) is 5.33. The van der Waals surface area contributed by atoms with Crippen LogP contribution in [-0.2, 0) is 4.74 Å². The van der Waals surface area contributed by atoms with Crippen LogP contribution in [0.15, 0.2) is 0 Å². The summed E-state index contributed by atoms with van der Waals surface area (Å²) in [5, 5.41) is 3.23. The Hall–Kier alpha value is -0.150. The van der Waals surface area contributed by atoms with E-state index in [2.05, 4.69) is 5.32 Å². The summed E-state index contributed by atoms with van der Waals surface area (Å²) in [5.74, 6) is 0. The Bertz CT molecular complexity index is 145. The Balaban J connectivity index is 2.06. The van der Waals surface area contributed by atoms with Gasteiger partial charge in [-0.05, 0) is 19.4 Å². The Morgan fingerprint density at radius 2 is 2.45 bits per heavy atom. The average Bonchev–Trinajstić information content (AvgIpc) is 2.36. The lowest BCUT2D eigenvalue weighted by Crippen LogP contribution is -2.45. The molecule has 2 nitrogen and oxygen atoms in total. The largest absolute Gasteiger partial charge is 0.378 e. The van der Waals surface area contributed by atoms with Gasteiger partial charge < -0.3 is 10.1 Å². The van der Waals surface area contributed by atoms with Gasteiger partial charge in [-0.25, -0.2) is 4.39 Å². The second kappa shape index (κ2) is 2.72.